The van der Waals surface area contributed by atoms with E-state index in [-0.39, 0.29) is 0 Å². The molecule has 0 spiro atoms. The molecule has 17 heavy (non-hydrogen) atoms. The van der Waals surface area contributed by atoms with Crippen LogP contribution in [-0.4, -0.2) is 36.6 Å². The van der Waals surface area contributed by atoms with Crippen molar-refractivity contribution in [2.75, 3.05) is 13.6 Å². The highest BCUT2D eigenvalue weighted by Gasteiger charge is 2.26. The highest BCUT2D eigenvalue weighted by molar-refractivity contribution is 4.86. The minimum absolute atomic E-state index is 0.671. The Morgan fingerprint density at radius 1 is 1.12 bits per heavy atom. The van der Waals surface area contributed by atoms with Gasteiger partial charge in [-0.1, -0.05) is 27.7 Å². The largest absolute Gasteiger partial charge is 0.312 e. The van der Waals surface area contributed by atoms with Crippen LogP contribution in [0.2, 0.25) is 0 Å². The molecule has 0 aromatic carbocycles. The zero-order chi connectivity index (χ0) is 13.0. The second kappa shape index (κ2) is 6.75. The molecule has 0 aromatic heterocycles. The first-order chi connectivity index (χ1) is 7.91. The van der Waals surface area contributed by atoms with Crippen LogP contribution in [0.15, 0.2) is 0 Å². The van der Waals surface area contributed by atoms with Crippen LogP contribution in [0.5, 0.6) is 0 Å². The Bertz CT molecular complexity index is 209. The fourth-order valence-electron chi connectivity index (χ4n) is 2.60. The Balaban J connectivity index is 2.42. The van der Waals surface area contributed by atoms with Gasteiger partial charge in [-0.05, 0) is 45.1 Å². The van der Waals surface area contributed by atoms with E-state index in [0.29, 0.717) is 12.1 Å². The van der Waals surface area contributed by atoms with E-state index < -0.39 is 0 Å². The molecule has 0 bridgehead atoms. The van der Waals surface area contributed by atoms with E-state index in [9.17, 15) is 0 Å². The van der Waals surface area contributed by atoms with Gasteiger partial charge in [-0.25, -0.2) is 0 Å². The first kappa shape index (κ1) is 15.0. The summed E-state index contributed by atoms with van der Waals surface area (Å²) in [6, 6.07) is 2.18. The summed E-state index contributed by atoms with van der Waals surface area (Å²) in [4.78, 5) is 2.58. The van der Waals surface area contributed by atoms with E-state index in [1.165, 1.54) is 19.3 Å². The zero-order valence-electron chi connectivity index (χ0n) is 12.7. The molecule has 1 rings (SSSR count). The molecule has 102 valence electrons. The first-order valence-electron chi connectivity index (χ1n) is 7.37. The molecule has 2 unspecified atom stereocenters. The highest BCUT2D eigenvalue weighted by atomic mass is 15.2. The molecule has 1 aliphatic carbocycles. The van der Waals surface area contributed by atoms with Crippen LogP contribution in [0, 0.1) is 11.8 Å². The van der Waals surface area contributed by atoms with E-state index in [0.717, 1.165) is 24.4 Å². The van der Waals surface area contributed by atoms with Crippen LogP contribution in [0.3, 0.4) is 0 Å². The first-order valence-corrected chi connectivity index (χ1v) is 7.37. The Morgan fingerprint density at radius 2 is 1.71 bits per heavy atom. The number of hydrogen-bond donors (Lipinski definition) is 1. The standard InChI is InChI=1S/C15H32N2/c1-11(2)9-13(5)17(6)15(12(3)4)10-16-14-7-8-14/h11-16H,7-10H2,1-6H3. The summed E-state index contributed by atoms with van der Waals surface area (Å²) in [5, 5.41) is 3.69. The van der Waals surface area contributed by atoms with Crippen molar-refractivity contribution in [2.24, 2.45) is 11.8 Å². The van der Waals surface area contributed by atoms with E-state index in [1.54, 1.807) is 0 Å². The van der Waals surface area contributed by atoms with E-state index in [1.807, 2.05) is 0 Å². The predicted molar refractivity (Wildman–Crippen MR) is 76.3 cm³/mol. The number of nitrogens with one attached hydrogen (secondary N) is 1. The molecule has 0 radical (unpaired) electrons. The van der Waals surface area contributed by atoms with Gasteiger partial charge in [0.15, 0.2) is 0 Å². The molecular weight excluding hydrogens is 208 g/mol. The molecular formula is C15H32N2. The van der Waals surface area contributed by atoms with Crippen molar-refractivity contribution in [3.8, 4) is 0 Å². The second-order valence-electron chi connectivity index (χ2n) is 6.64. The van der Waals surface area contributed by atoms with Crippen molar-refractivity contribution in [1.29, 1.82) is 0 Å². The second-order valence-corrected chi connectivity index (χ2v) is 6.64. The molecule has 0 aromatic rings. The fraction of sp³-hybridized carbons (Fsp3) is 1.00. The Hall–Kier alpha value is -0.0800. The van der Waals surface area contributed by atoms with Crippen molar-refractivity contribution >= 4 is 0 Å². The highest BCUT2D eigenvalue weighted by Crippen LogP contribution is 2.21. The summed E-state index contributed by atoms with van der Waals surface area (Å²) >= 11 is 0. The lowest BCUT2D eigenvalue weighted by atomic mass is 9.98. The van der Waals surface area contributed by atoms with Crippen LogP contribution in [0.4, 0.5) is 0 Å². The quantitative estimate of drug-likeness (QED) is 0.701. The predicted octanol–water partition coefficient (Wildman–Crippen LogP) is 3.13. The summed E-state index contributed by atoms with van der Waals surface area (Å²) in [5.41, 5.74) is 0. The van der Waals surface area contributed by atoms with Crippen LogP contribution in [0.1, 0.15) is 53.9 Å². The Labute approximate surface area is 108 Å². The lowest BCUT2D eigenvalue weighted by Gasteiger charge is -2.36. The summed E-state index contributed by atoms with van der Waals surface area (Å²) in [7, 11) is 2.30. The van der Waals surface area contributed by atoms with Gasteiger partial charge in [-0.2, -0.15) is 0 Å². The summed E-state index contributed by atoms with van der Waals surface area (Å²) in [6.45, 7) is 12.8. The number of likely N-dealkylation sites (N-methyl/N-ethyl adjacent to an activating group) is 1. The van der Waals surface area contributed by atoms with Gasteiger partial charge in [-0.3, -0.25) is 4.90 Å². The molecule has 1 saturated carbocycles. The van der Waals surface area contributed by atoms with Gasteiger partial charge in [0.2, 0.25) is 0 Å². The van der Waals surface area contributed by atoms with E-state index >= 15 is 0 Å². The SMILES string of the molecule is CC(C)CC(C)N(C)C(CNC1CC1)C(C)C. The van der Waals surface area contributed by atoms with Crippen LogP contribution in [0.25, 0.3) is 0 Å². The summed E-state index contributed by atoms with van der Waals surface area (Å²) in [5.74, 6) is 1.51. The number of hydrogen-bond acceptors (Lipinski definition) is 2. The van der Waals surface area contributed by atoms with Gasteiger partial charge in [0.25, 0.3) is 0 Å². The van der Waals surface area contributed by atoms with Crippen molar-refractivity contribution < 1.29 is 0 Å². The van der Waals surface area contributed by atoms with Gasteiger partial charge in [0.05, 0.1) is 0 Å². The third-order valence-electron chi connectivity index (χ3n) is 3.99. The molecule has 1 aliphatic rings. The molecule has 2 atom stereocenters. The molecule has 2 nitrogen and oxygen atoms in total. The van der Waals surface area contributed by atoms with Crippen LogP contribution in [-0.2, 0) is 0 Å². The molecule has 1 fully saturated rings. The maximum atomic E-state index is 3.69. The third kappa shape index (κ3) is 5.39. The van der Waals surface area contributed by atoms with E-state index in [4.69, 9.17) is 0 Å². The van der Waals surface area contributed by atoms with E-state index in [2.05, 4.69) is 51.9 Å². The lowest BCUT2D eigenvalue weighted by Crippen LogP contribution is -2.48. The average molecular weight is 240 g/mol. The topological polar surface area (TPSA) is 15.3 Å². The van der Waals surface area contributed by atoms with Gasteiger partial charge >= 0.3 is 0 Å². The smallest absolute Gasteiger partial charge is 0.0243 e. The minimum atomic E-state index is 0.671. The van der Waals surface area contributed by atoms with Crippen molar-refractivity contribution in [1.82, 2.24) is 10.2 Å². The van der Waals surface area contributed by atoms with Crippen LogP contribution >= 0.6 is 0 Å². The molecule has 0 aliphatic heterocycles. The van der Waals surface area contributed by atoms with Gasteiger partial charge < -0.3 is 5.32 Å². The molecule has 0 amide bonds. The third-order valence-corrected chi connectivity index (χ3v) is 3.99. The summed E-state index contributed by atoms with van der Waals surface area (Å²) in [6.07, 6.45) is 4.06. The minimum Gasteiger partial charge on any atom is -0.312 e. The van der Waals surface area contributed by atoms with Gasteiger partial charge in [-0.15, -0.1) is 0 Å². The van der Waals surface area contributed by atoms with Gasteiger partial charge in [0.1, 0.15) is 0 Å². The zero-order valence-corrected chi connectivity index (χ0v) is 12.7. The fourth-order valence-corrected chi connectivity index (χ4v) is 2.60. The number of rotatable bonds is 8. The molecule has 2 heteroatoms. The Morgan fingerprint density at radius 3 is 2.12 bits per heavy atom. The maximum Gasteiger partial charge on any atom is 0.0243 e. The average Bonchev–Trinajstić information content (AvgIpc) is 2.99. The number of nitrogens with zero attached hydrogens (tertiary/aromatic N) is 1. The van der Waals surface area contributed by atoms with Crippen molar-refractivity contribution in [3.05, 3.63) is 0 Å². The van der Waals surface area contributed by atoms with Crippen molar-refractivity contribution in [3.63, 3.8) is 0 Å². The normalized spacial score (nSPS) is 20.3. The van der Waals surface area contributed by atoms with Crippen molar-refractivity contribution in [2.45, 2.75) is 72.0 Å². The maximum absolute atomic E-state index is 3.69. The Kier molecular flexibility index (Phi) is 5.94. The monoisotopic (exact) mass is 240 g/mol. The molecule has 0 heterocycles. The van der Waals surface area contributed by atoms with Gasteiger partial charge in [0, 0.05) is 24.7 Å². The summed E-state index contributed by atoms with van der Waals surface area (Å²) < 4.78 is 0. The van der Waals surface area contributed by atoms with Crippen LogP contribution < -0.4 is 5.32 Å². The molecule has 0 saturated heterocycles. The lowest BCUT2D eigenvalue weighted by molar-refractivity contribution is 0.127. The molecule has 1 N–H and O–H groups in total.